The van der Waals surface area contributed by atoms with Crippen molar-refractivity contribution >= 4 is 31.3 Å². The number of halogens is 1. The number of likely N-dealkylation sites (tertiary alicyclic amines) is 1. The zero-order valence-corrected chi connectivity index (χ0v) is 29.0. The third kappa shape index (κ3) is 9.64. The van der Waals surface area contributed by atoms with Crippen molar-refractivity contribution in [2.45, 2.75) is 44.2 Å². The van der Waals surface area contributed by atoms with Crippen LogP contribution in [-0.4, -0.2) is 47.3 Å². The maximum Gasteiger partial charge on any atom is 0.457 e. The Morgan fingerprint density at radius 2 is 1.40 bits per heavy atom. The van der Waals surface area contributed by atoms with Gasteiger partial charge >= 0.3 is 13.7 Å². The number of rotatable bonds is 13. The number of para-hydroxylation sites is 2. The van der Waals surface area contributed by atoms with Crippen molar-refractivity contribution in [3.8, 4) is 11.5 Å². The Morgan fingerprint density at radius 1 is 0.860 bits per heavy atom. The Balaban J connectivity index is 0.00000562. The van der Waals surface area contributed by atoms with Gasteiger partial charge in [-0.3, -0.25) is 25.6 Å². The second kappa shape index (κ2) is 17.4. The Labute approximate surface area is 296 Å². The van der Waals surface area contributed by atoms with E-state index in [1.54, 1.807) is 84.9 Å². The van der Waals surface area contributed by atoms with Crippen molar-refractivity contribution in [2.24, 2.45) is 5.73 Å². The van der Waals surface area contributed by atoms with Crippen LogP contribution in [0.4, 0.5) is 4.79 Å². The second-order valence-corrected chi connectivity index (χ2v) is 13.4. The molecule has 0 saturated carbocycles. The summed E-state index contributed by atoms with van der Waals surface area (Å²) in [5.74, 6) is -1.95. The summed E-state index contributed by atoms with van der Waals surface area (Å²) in [4.78, 5) is 41.5. The number of amidine groups is 1. The summed E-state index contributed by atoms with van der Waals surface area (Å²) >= 11 is 0. The Bertz CT molecular complexity index is 1750. The minimum absolute atomic E-state index is 0. The fraction of sp³-hybridized carbons (Fsp3) is 0.222. The first-order chi connectivity index (χ1) is 23.6. The number of carbonyl (C=O) groups is 3. The van der Waals surface area contributed by atoms with Crippen LogP contribution in [-0.2, 0) is 25.5 Å². The van der Waals surface area contributed by atoms with Crippen molar-refractivity contribution in [3.63, 3.8) is 0 Å². The standard InChI is InChI=1S/C36H38N5O7P.ClH/c1-25(39-34(43)31-18-11-23-41(31)36(44)46-24-26-12-5-2-6-13-26)33(42)40-35(28-21-19-27(20-22-28)32(37)38)49(45,47-29-14-7-3-8-15-29)48-30-16-9-4-10-17-30;/h2-10,12-17,19-22,25,31,35H,11,18,23-24H2,1H3,(H3,37,38)(H,39,43)(H,40,42);1H/t25-,31-,35?;/m0./s1. The normalized spacial score (nSPS) is 15.1. The van der Waals surface area contributed by atoms with Gasteiger partial charge in [-0.25, -0.2) is 9.36 Å². The van der Waals surface area contributed by atoms with E-state index in [1.807, 2.05) is 30.3 Å². The van der Waals surface area contributed by atoms with Crippen LogP contribution in [0.25, 0.3) is 0 Å². The summed E-state index contributed by atoms with van der Waals surface area (Å²) < 4.78 is 32.5. The summed E-state index contributed by atoms with van der Waals surface area (Å²) in [7, 11) is -4.32. The van der Waals surface area contributed by atoms with Crippen LogP contribution in [0.3, 0.4) is 0 Å². The van der Waals surface area contributed by atoms with Gasteiger partial charge in [0.25, 0.3) is 5.84 Å². The number of amides is 3. The molecular formula is C36H39ClN5O7P. The topological polar surface area (TPSA) is 175 Å². The van der Waals surface area contributed by atoms with Crippen molar-refractivity contribution in [1.82, 2.24) is 15.5 Å². The lowest BCUT2D eigenvalue weighted by Gasteiger charge is -2.30. The van der Waals surface area contributed by atoms with Gasteiger partial charge in [-0.15, -0.1) is 0 Å². The molecule has 1 heterocycles. The average Bonchev–Trinajstić information content (AvgIpc) is 3.61. The molecule has 3 amide bonds. The van der Waals surface area contributed by atoms with Crippen LogP contribution < -0.4 is 43.2 Å². The summed E-state index contributed by atoms with van der Waals surface area (Å²) in [5, 5.41) is 11.3. The first-order valence-electron chi connectivity index (χ1n) is 15.8. The molecule has 50 heavy (non-hydrogen) atoms. The second-order valence-electron chi connectivity index (χ2n) is 11.5. The number of hydrogen-bond acceptors (Lipinski definition) is 7. The molecule has 12 nitrogen and oxygen atoms in total. The van der Waals surface area contributed by atoms with Crippen molar-refractivity contribution in [1.29, 1.82) is 0 Å². The van der Waals surface area contributed by atoms with Crippen LogP contribution in [0.1, 0.15) is 42.2 Å². The lowest BCUT2D eigenvalue weighted by atomic mass is 10.1. The van der Waals surface area contributed by atoms with E-state index in [1.165, 1.54) is 11.8 Å². The Kier molecular flexibility index (Phi) is 13.0. The third-order valence-electron chi connectivity index (χ3n) is 7.85. The SMILES string of the molecule is C[C@H](NC(=O)[C@@H]1CCCN1C(=O)OCc1ccccc1)C(=O)NC(c1ccc(C(N)=[NH2+])cc1)P(=O)(Oc1ccccc1)Oc1ccccc1.[Cl-]. The lowest BCUT2D eigenvalue weighted by molar-refractivity contribution is -0.131. The van der Waals surface area contributed by atoms with E-state index >= 15 is 0 Å². The molecule has 262 valence electrons. The zero-order chi connectivity index (χ0) is 34.8. The summed E-state index contributed by atoms with van der Waals surface area (Å²) in [5.41, 5.74) is 7.49. The molecule has 1 saturated heterocycles. The van der Waals surface area contributed by atoms with Crippen LogP contribution in [0.2, 0.25) is 0 Å². The highest BCUT2D eigenvalue weighted by Crippen LogP contribution is 2.59. The van der Waals surface area contributed by atoms with Gasteiger partial charge < -0.3 is 36.8 Å². The fourth-order valence-corrected chi connectivity index (χ4v) is 7.18. The fourth-order valence-electron chi connectivity index (χ4n) is 5.28. The van der Waals surface area contributed by atoms with E-state index in [2.05, 4.69) is 10.6 Å². The van der Waals surface area contributed by atoms with Crippen molar-refractivity contribution < 1.29 is 50.5 Å². The zero-order valence-electron chi connectivity index (χ0n) is 27.3. The summed E-state index contributed by atoms with van der Waals surface area (Å²) in [6, 6.07) is 30.6. The van der Waals surface area contributed by atoms with E-state index in [9.17, 15) is 18.9 Å². The van der Waals surface area contributed by atoms with Gasteiger partial charge in [-0.1, -0.05) is 78.9 Å². The molecule has 0 bridgehead atoms. The van der Waals surface area contributed by atoms with E-state index in [-0.39, 0.29) is 36.3 Å². The molecule has 0 aliphatic carbocycles. The quantitative estimate of drug-likeness (QED) is 0.0897. The van der Waals surface area contributed by atoms with Gasteiger partial charge in [0.05, 0.1) is 5.56 Å². The number of hydrogen-bond donors (Lipinski definition) is 4. The Morgan fingerprint density at radius 3 is 1.94 bits per heavy atom. The maximum atomic E-state index is 14.9. The summed E-state index contributed by atoms with van der Waals surface area (Å²) in [6.45, 7) is 1.90. The van der Waals surface area contributed by atoms with Gasteiger partial charge in [0.1, 0.15) is 30.2 Å². The Hall–Kier alpha value is -5.32. The highest BCUT2D eigenvalue weighted by Gasteiger charge is 2.43. The number of ether oxygens (including phenoxy) is 1. The molecule has 4 aromatic rings. The van der Waals surface area contributed by atoms with Gasteiger partial charge in [0.2, 0.25) is 11.8 Å². The number of nitrogens with one attached hydrogen (secondary N) is 2. The predicted molar refractivity (Wildman–Crippen MR) is 183 cm³/mol. The predicted octanol–water partition coefficient (Wildman–Crippen LogP) is 0.927. The van der Waals surface area contributed by atoms with Crippen LogP contribution in [0.5, 0.6) is 11.5 Å². The molecule has 4 aromatic carbocycles. The molecular weight excluding hydrogens is 681 g/mol. The van der Waals surface area contributed by atoms with Gasteiger partial charge in [-0.2, -0.15) is 0 Å². The van der Waals surface area contributed by atoms with Crippen molar-refractivity contribution in [2.75, 3.05) is 6.54 Å². The first kappa shape index (κ1) is 37.5. The first-order valence-corrected chi connectivity index (χ1v) is 17.4. The molecule has 1 unspecified atom stereocenters. The van der Waals surface area contributed by atoms with E-state index < -0.39 is 43.4 Å². The average molecular weight is 720 g/mol. The highest BCUT2D eigenvalue weighted by atomic mass is 35.5. The molecule has 14 heteroatoms. The van der Waals surface area contributed by atoms with Gasteiger partial charge in [-0.05, 0) is 67.3 Å². The van der Waals surface area contributed by atoms with E-state index in [4.69, 9.17) is 24.9 Å². The van der Waals surface area contributed by atoms with E-state index in [0.717, 1.165) is 5.56 Å². The number of nitrogens with two attached hydrogens (primary N) is 2. The molecule has 1 aliphatic heterocycles. The lowest BCUT2D eigenvalue weighted by Crippen LogP contribution is -3.00. The van der Waals surface area contributed by atoms with E-state index in [0.29, 0.717) is 30.5 Å². The largest absolute Gasteiger partial charge is 1.00 e. The minimum Gasteiger partial charge on any atom is -1.00 e. The molecule has 6 N–H and O–H groups in total. The summed E-state index contributed by atoms with van der Waals surface area (Å²) in [6.07, 6.45) is 0.384. The smallest absolute Gasteiger partial charge is 0.457 e. The van der Waals surface area contributed by atoms with Gasteiger partial charge in [0.15, 0.2) is 5.78 Å². The third-order valence-corrected chi connectivity index (χ3v) is 9.84. The highest BCUT2D eigenvalue weighted by molar-refractivity contribution is 7.55. The van der Waals surface area contributed by atoms with Crippen LogP contribution >= 0.6 is 7.60 Å². The molecule has 5 rings (SSSR count). The molecule has 0 aromatic heterocycles. The maximum absolute atomic E-state index is 14.9. The minimum atomic E-state index is -4.32. The van der Waals surface area contributed by atoms with Crippen LogP contribution in [0, 0.1) is 0 Å². The molecule has 0 spiro atoms. The molecule has 3 atom stereocenters. The van der Waals surface area contributed by atoms with Crippen molar-refractivity contribution in [3.05, 3.63) is 132 Å². The van der Waals surface area contributed by atoms with Crippen LogP contribution in [0.15, 0.2) is 115 Å². The monoisotopic (exact) mass is 719 g/mol. The number of nitrogens with zero attached hydrogens (tertiary/aromatic N) is 1. The van der Waals surface area contributed by atoms with Gasteiger partial charge in [0, 0.05) is 6.54 Å². The number of carbonyl (C=O) groups excluding carboxylic acids is 3. The molecule has 0 radical (unpaired) electrons. The molecule has 1 aliphatic rings. The molecule has 1 fully saturated rings. The number of benzene rings is 4.